The van der Waals surface area contributed by atoms with Gasteiger partial charge in [0.1, 0.15) is 5.60 Å². The Morgan fingerprint density at radius 1 is 1.08 bits per heavy atom. The van der Waals surface area contributed by atoms with Crippen LogP contribution < -0.4 is 0 Å². The van der Waals surface area contributed by atoms with Gasteiger partial charge in [0.2, 0.25) is 0 Å². The first-order valence-corrected chi connectivity index (χ1v) is 4.10. The molecule has 0 saturated carbocycles. The van der Waals surface area contributed by atoms with Crippen LogP contribution in [0.5, 0.6) is 0 Å². The molecule has 0 aromatic rings. The van der Waals surface area contributed by atoms with Crippen LogP contribution in [0.4, 0.5) is 0 Å². The minimum atomic E-state index is -1.30. The van der Waals surface area contributed by atoms with Gasteiger partial charge in [-0.2, -0.15) is 0 Å². The van der Waals surface area contributed by atoms with E-state index in [4.69, 9.17) is 5.11 Å². The predicted molar refractivity (Wildman–Crippen MR) is 49.5 cm³/mol. The van der Waals surface area contributed by atoms with E-state index >= 15 is 0 Å². The Hall–Kier alpha value is -0.520. The summed E-state index contributed by atoms with van der Waals surface area (Å²) in [5, 5.41) is 18.7. The summed E-state index contributed by atoms with van der Waals surface area (Å²) in [7, 11) is 0. The fourth-order valence-corrected chi connectivity index (χ4v) is 0.418. The van der Waals surface area contributed by atoms with Crippen LogP contribution in [0.25, 0.3) is 0 Å². The van der Waals surface area contributed by atoms with Gasteiger partial charge in [-0.05, 0) is 34.6 Å². The highest BCUT2D eigenvalue weighted by Crippen LogP contribution is 2.13. The second-order valence-electron chi connectivity index (χ2n) is 4.32. The molecule has 0 radical (unpaired) electrons. The molecule has 0 aliphatic heterocycles. The van der Waals surface area contributed by atoms with E-state index in [9.17, 15) is 5.11 Å². The molecule has 2 unspecified atom stereocenters. The number of rotatable bonds is 1. The third-order valence-corrected chi connectivity index (χ3v) is 1.50. The number of aliphatic hydroxyl groups is 2. The van der Waals surface area contributed by atoms with Crippen molar-refractivity contribution in [2.75, 3.05) is 0 Å². The van der Waals surface area contributed by atoms with Gasteiger partial charge in [-0.15, -0.1) is 0 Å². The summed E-state index contributed by atoms with van der Waals surface area (Å²) in [6.45, 7) is 8.90. The summed E-state index contributed by atoms with van der Waals surface area (Å²) < 4.78 is 0. The molecule has 0 amide bonds. The molecule has 2 nitrogen and oxygen atoms in total. The van der Waals surface area contributed by atoms with Gasteiger partial charge in [-0.25, -0.2) is 0 Å². The quantitative estimate of drug-likeness (QED) is 0.580. The lowest BCUT2D eigenvalue weighted by molar-refractivity contribution is -0.00808. The van der Waals surface area contributed by atoms with Gasteiger partial charge in [0.25, 0.3) is 0 Å². The second-order valence-corrected chi connectivity index (χ2v) is 4.32. The molecule has 0 heterocycles. The van der Waals surface area contributed by atoms with Crippen molar-refractivity contribution < 1.29 is 10.2 Å². The monoisotopic (exact) mass is 170 g/mol. The maximum absolute atomic E-state index is 9.53. The SMILES string of the molecule is CC(O)C(C)(O)C#CC(C)(C)C. The van der Waals surface area contributed by atoms with Crippen molar-refractivity contribution in [1.82, 2.24) is 0 Å². The van der Waals surface area contributed by atoms with Crippen LogP contribution >= 0.6 is 0 Å². The molecule has 0 aromatic heterocycles. The first-order chi connectivity index (χ1) is 5.15. The average Bonchev–Trinajstić information content (AvgIpc) is 1.82. The Labute approximate surface area is 74.6 Å². The first kappa shape index (κ1) is 11.5. The number of hydrogen-bond donors (Lipinski definition) is 2. The van der Waals surface area contributed by atoms with Gasteiger partial charge < -0.3 is 10.2 Å². The Morgan fingerprint density at radius 3 is 1.75 bits per heavy atom. The van der Waals surface area contributed by atoms with E-state index in [1.54, 1.807) is 0 Å². The molecule has 0 fully saturated rings. The van der Waals surface area contributed by atoms with Crippen LogP contribution in [-0.2, 0) is 0 Å². The van der Waals surface area contributed by atoms with Crippen molar-refractivity contribution in [2.45, 2.75) is 46.3 Å². The zero-order valence-electron chi connectivity index (χ0n) is 8.47. The van der Waals surface area contributed by atoms with E-state index in [0.717, 1.165) is 0 Å². The second kappa shape index (κ2) is 3.47. The lowest BCUT2D eigenvalue weighted by Crippen LogP contribution is -2.35. The summed E-state index contributed by atoms with van der Waals surface area (Å²) in [6, 6.07) is 0. The number of aliphatic hydroxyl groups excluding tert-OH is 1. The highest BCUT2D eigenvalue weighted by molar-refractivity contribution is 5.17. The molecule has 2 N–H and O–H groups in total. The zero-order chi connectivity index (χ0) is 9.99. The normalized spacial score (nSPS) is 18.9. The van der Waals surface area contributed by atoms with Gasteiger partial charge in [0.15, 0.2) is 0 Å². The Bertz CT molecular complexity index is 198. The molecule has 0 rings (SSSR count). The van der Waals surface area contributed by atoms with E-state index in [-0.39, 0.29) is 5.41 Å². The molecule has 12 heavy (non-hydrogen) atoms. The van der Waals surface area contributed by atoms with Crippen LogP contribution in [0, 0.1) is 17.3 Å². The Balaban J connectivity index is 4.50. The molecule has 0 bridgehead atoms. The highest BCUT2D eigenvalue weighted by Gasteiger charge is 2.24. The highest BCUT2D eigenvalue weighted by atomic mass is 16.3. The summed E-state index contributed by atoms with van der Waals surface area (Å²) in [6.07, 6.45) is -0.827. The molecule has 0 aliphatic carbocycles. The minimum absolute atomic E-state index is 0.140. The maximum atomic E-state index is 9.53. The van der Waals surface area contributed by atoms with Crippen LogP contribution in [0.1, 0.15) is 34.6 Å². The molecule has 2 heteroatoms. The third kappa shape index (κ3) is 4.38. The van der Waals surface area contributed by atoms with E-state index < -0.39 is 11.7 Å². The Kier molecular flexibility index (Phi) is 3.32. The fraction of sp³-hybridized carbons (Fsp3) is 0.800. The largest absolute Gasteiger partial charge is 0.389 e. The van der Waals surface area contributed by atoms with E-state index in [1.165, 1.54) is 13.8 Å². The maximum Gasteiger partial charge on any atom is 0.148 e. The molecule has 0 aliphatic rings. The van der Waals surface area contributed by atoms with Gasteiger partial charge in [0.05, 0.1) is 6.10 Å². The Morgan fingerprint density at radius 2 is 1.50 bits per heavy atom. The van der Waals surface area contributed by atoms with Crippen molar-refractivity contribution in [3.63, 3.8) is 0 Å². The van der Waals surface area contributed by atoms with Crippen LogP contribution in [-0.4, -0.2) is 21.9 Å². The molecule has 0 saturated heterocycles. The molecular formula is C10H18O2. The minimum Gasteiger partial charge on any atom is -0.389 e. The average molecular weight is 170 g/mol. The fourth-order valence-electron chi connectivity index (χ4n) is 0.418. The summed E-state index contributed by atoms with van der Waals surface area (Å²) in [4.78, 5) is 0. The van der Waals surface area contributed by atoms with Crippen molar-refractivity contribution >= 4 is 0 Å². The van der Waals surface area contributed by atoms with E-state index in [0.29, 0.717) is 0 Å². The number of hydrogen-bond acceptors (Lipinski definition) is 2. The van der Waals surface area contributed by atoms with Crippen LogP contribution in [0.2, 0.25) is 0 Å². The molecule has 0 aromatic carbocycles. The van der Waals surface area contributed by atoms with Gasteiger partial charge >= 0.3 is 0 Å². The topological polar surface area (TPSA) is 40.5 Å². The van der Waals surface area contributed by atoms with Crippen molar-refractivity contribution in [3.05, 3.63) is 0 Å². The van der Waals surface area contributed by atoms with Gasteiger partial charge in [-0.1, -0.05) is 11.8 Å². The lowest BCUT2D eigenvalue weighted by Gasteiger charge is -2.20. The van der Waals surface area contributed by atoms with E-state index in [1.807, 2.05) is 20.8 Å². The van der Waals surface area contributed by atoms with Crippen LogP contribution in [0.3, 0.4) is 0 Å². The standard InChI is InChI=1S/C10H18O2/c1-8(11)10(5,12)7-6-9(2,3)4/h8,11-12H,1-5H3. The van der Waals surface area contributed by atoms with Gasteiger partial charge in [0, 0.05) is 5.41 Å². The zero-order valence-corrected chi connectivity index (χ0v) is 8.47. The van der Waals surface area contributed by atoms with Crippen molar-refractivity contribution in [3.8, 4) is 11.8 Å². The lowest BCUT2D eigenvalue weighted by atomic mass is 9.94. The summed E-state index contributed by atoms with van der Waals surface area (Å²) in [5.74, 6) is 5.54. The third-order valence-electron chi connectivity index (χ3n) is 1.50. The van der Waals surface area contributed by atoms with Crippen molar-refractivity contribution in [2.24, 2.45) is 5.41 Å². The van der Waals surface area contributed by atoms with E-state index in [2.05, 4.69) is 11.8 Å². The smallest absolute Gasteiger partial charge is 0.148 e. The molecular weight excluding hydrogens is 152 g/mol. The van der Waals surface area contributed by atoms with Crippen molar-refractivity contribution in [1.29, 1.82) is 0 Å². The molecule has 0 spiro atoms. The van der Waals surface area contributed by atoms with Crippen LogP contribution in [0.15, 0.2) is 0 Å². The summed E-state index contributed by atoms with van der Waals surface area (Å²) >= 11 is 0. The molecule has 2 atom stereocenters. The molecule has 70 valence electrons. The van der Waals surface area contributed by atoms with Gasteiger partial charge in [-0.3, -0.25) is 0 Å². The summed E-state index contributed by atoms with van der Waals surface area (Å²) in [5.41, 5.74) is -1.44. The predicted octanol–water partition coefficient (Wildman–Crippen LogP) is 1.17. The first-order valence-electron chi connectivity index (χ1n) is 4.10.